The standard InChI is InChI=1S/C38H41NO6/c1-24-35(38(41)45-29-14-8-5-9-15-29)36(27-13-10-16-30(19-27)44-23-25-11-6-4-7-12-25)37-31(39-24)20-28(21-32(37)40)26-17-18-33(42-2)34(22-26)43-3/h4,6-7,10-13,16-19,22,28-29,35-36H,5,8-9,14-15,20-21,23H2,1-3H3/t28-,35?,36+/m0/s1. The highest BCUT2D eigenvalue weighted by Crippen LogP contribution is 2.48. The van der Waals surface area contributed by atoms with Crippen molar-refractivity contribution in [3.05, 3.63) is 101 Å². The normalized spacial score (nSPS) is 21.9. The van der Waals surface area contributed by atoms with Crippen LogP contribution in [-0.2, 0) is 20.9 Å². The maximum atomic E-state index is 14.2. The molecule has 3 atom stereocenters. The molecular weight excluding hydrogens is 566 g/mol. The second kappa shape index (κ2) is 13.7. The highest BCUT2D eigenvalue weighted by molar-refractivity contribution is 6.09. The Bertz CT molecular complexity index is 1600. The number of hydrogen-bond acceptors (Lipinski definition) is 7. The van der Waals surface area contributed by atoms with Crippen molar-refractivity contribution in [1.29, 1.82) is 0 Å². The van der Waals surface area contributed by atoms with Crippen LogP contribution in [0.1, 0.15) is 80.4 Å². The smallest absolute Gasteiger partial charge is 0.315 e. The van der Waals surface area contributed by atoms with Crippen molar-refractivity contribution in [3.63, 3.8) is 0 Å². The van der Waals surface area contributed by atoms with Gasteiger partial charge in [-0.1, -0.05) is 55.0 Å². The Morgan fingerprint density at radius 3 is 2.38 bits per heavy atom. The molecule has 3 aromatic carbocycles. The number of rotatable bonds is 9. The van der Waals surface area contributed by atoms with Crippen LogP contribution in [-0.4, -0.2) is 37.8 Å². The van der Waals surface area contributed by atoms with Crippen LogP contribution < -0.4 is 14.2 Å². The van der Waals surface area contributed by atoms with E-state index in [-0.39, 0.29) is 23.8 Å². The number of aliphatic imine (C=N–C) groups is 1. The molecule has 0 saturated heterocycles. The SMILES string of the molecule is COc1ccc([C@@H]2CC(=O)C3=C(C2)N=C(C)C(C(=O)OC2CCCCC2)[C@H]3c2cccc(OCc3ccccc3)c2)cc1OC. The maximum Gasteiger partial charge on any atom is 0.315 e. The van der Waals surface area contributed by atoms with Crippen LogP contribution in [0.2, 0.25) is 0 Å². The Labute approximate surface area is 265 Å². The number of methoxy groups -OCH3 is 2. The predicted molar refractivity (Wildman–Crippen MR) is 173 cm³/mol. The van der Waals surface area contributed by atoms with Crippen LogP contribution in [0.25, 0.3) is 0 Å². The van der Waals surface area contributed by atoms with E-state index in [2.05, 4.69) is 0 Å². The largest absolute Gasteiger partial charge is 0.493 e. The molecule has 1 aliphatic heterocycles. The number of Topliss-reactive ketones (excluding diaryl/α,β-unsaturated/α-hetero) is 1. The van der Waals surface area contributed by atoms with E-state index < -0.39 is 11.8 Å². The van der Waals surface area contributed by atoms with Crippen molar-refractivity contribution in [2.45, 2.75) is 76.4 Å². The molecule has 7 heteroatoms. The van der Waals surface area contributed by atoms with Gasteiger partial charge in [0.15, 0.2) is 17.3 Å². The summed E-state index contributed by atoms with van der Waals surface area (Å²) < 4.78 is 23.3. The van der Waals surface area contributed by atoms with E-state index in [4.69, 9.17) is 23.9 Å². The second-order valence-electron chi connectivity index (χ2n) is 12.3. The summed E-state index contributed by atoms with van der Waals surface area (Å²) in [5, 5.41) is 0. The first-order chi connectivity index (χ1) is 21.9. The number of esters is 1. The van der Waals surface area contributed by atoms with Crippen LogP contribution >= 0.6 is 0 Å². The van der Waals surface area contributed by atoms with Crippen LogP contribution in [0.15, 0.2) is 89.1 Å². The number of hydrogen-bond donors (Lipinski definition) is 0. The first kappa shape index (κ1) is 30.6. The van der Waals surface area contributed by atoms with Gasteiger partial charge in [0.1, 0.15) is 24.4 Å². The van der Waals surface area contributed by atoms with Gasteiger partial charge >= 0.3 is 5.97 Å². The average Bonchev–Trinajstić information content (AvgIpc) is 3.07. The third-order valence-electron chi connectivity index (χ3n) is 9.32. The molecule has 3 aliphatic rings. The molecule has 0 amide bonds. The summed E-state index contributed by atoms with van der Waals surface area (Å²) in [5.74, 6) is 0.395. The van der Waals surface area contributed by atoms with E-state index in [9.17, 15) is 9.59 Å². The van der Waals surface area contributed by atoms with Crippen molar-refractivity contribution in [1.82, 2.24) is 0 Å². The zero-order valence-corrected chi connectivity index (χ0v) is 26.3. The van der Waals surface area contributed by atoms with Crippen LogP contribution in [0.3, 0.4) is 0 Å². The number of nitrogens with zero attached hydrogens (tertiary/aromatic N) is 1. The summed E-state index contributed by atoms with van der Waals surface area (Å²) in [6, 6.07) is 23.6. The lowest BCUT2D eigenvalue weighted by atomic mass is 9.69. The monoisotopic (exact) mass is 607 g/mol. The molecule has 0 radical (unpaired) electrons. The molecule has 0 bridgehead atoms. The van der Waals surface area contributed by atoms with E-state index in [1.807, 2.05) is 79.7 Å². The van der Waals surface area contributed by atoms with Crippen molar-refractivity contribution in [3.8, 4) is 17.2 Å². The number of benzene rings is 3. The first-order valence-electron chi connectivity index (χ1n) is 16.0. The van der Waals surface area contributed by atoms with Crippen LogP contribution in [0, 0.1) is 5.92 Å². The van der Waals surface area contributed by atoms with Crippen LogP contribution in [0.4, 0.5) is 0 Å². The highest BCUT2D eigenvalue weighted by Gasteiger charge is 2.45. The molecule has 1 unspecified atom stereocenters. The van der Waals surface area contributed by atoms with E-state index in [1.54, 1.807) is 14.2 Å². The Kier molecular flexibility index (Phi) is 9.34. The van der Waals surface area contributed by atoms with Gasteiger partial charge in [0, 0.05) is 29.3 Å². The van der Waals surface area contributed by atoms with Gasteiger partial charge < -0.3 is 18.9 Å². The Morgan fingerprint density at radius 1 is 0.844 bits per heavy atom. The minimum absolute atomic E-state index is 0.00311. The maximum absolute atomic E-state index is 14.2. The summed E-state index contributed by atoms with van der Waals surface area (Å²) >= 11 is 0. The van der Waals surface area contributed by atoms with Gasteiger partial charge in [-0.25, -0.2) is 0 Å². The van der Waals surface area contributed by atoms with Gasteiger partial charge in [0.2, 0.25) is 0 Å². The average molecular weight is 608 g/mol. The molecule has 234 valence electrons. The fourth-order valence-corrected chi connectivity index (χ4v) is 7.03. The zero-order chi connectivity index (χ0) is 31.3. The van der Waals surface area contributed by atoms with Crippen molar-refractivity contribution < 1.29 is 28.5 Å². The number of ether oxygens (including phenoxy) is 4. The number of ketones is 1. The Balaban J connectivity index is 1.35. The fourth-order valence-electron chi connectivity index (χ4n) is 7.03. The molecule has 1 heterocycles. The third kappa shape index (κ3) is 6.68. The third-order valence-corrected chi connectivity index (χ3v) is 9.32. The minimum Gasteiger partial charge on any atom is -0.493 e. The summed E-state index contributed by atoms with van der Waals surface area (Å²) in [6.07, 6.45) is 5.85. The van der Waals surface area contributed by atoms with E-state index in [1.165, 1.54) is 6.42 Å². The Morgan fingerprint density at radius 2 is 1.62 bits per heavy atom. The summed E-state index contributed by atoms with van der Waals surface area (Å²) in [5.41, 5.74) is 4.94. The second-order valence-corrected chi connectivity index (χ2v) is 12.3. The predicted octanol–water partition coefficient (Wildman–Crippen LogP) is 7.73. The molecule has 1 fully saturated rings. The molecule has 2 aliphatic carbocycles. The summed E-state index contributed by atoms with van der Waals surface area (Å²) in [7, 11) is 3.22. The summed E-state index contributed by atoms with van der Waals surface area (Å²) in [4.78, 5) is 33.1. The van der Waals surface area contributed by atoms with Gasteiger partial charge in [0.25, 0.3) is 0 Å². The molecule has 7 nitrogen and oxygen atoms in total. The molecular formula is C38H41NO6. The molecule has 0 N–H and O–H groups in total. The van der Waals surface area contributed by atoms with Crippen LogP contribution in [0.5, 0.6) is 17.2 Å². The fraction of sp³-hybridized carbons (Fsp3) is 0.395. The lowest BCUT2D eigenvalue weighted by Crippen LogP contribution is -2.39. The van der Waals surface area contributed by atoms with Gasteiger partial charge in [0.05, 0.1) is 14.2 Å². The molecule has 45 heavy (non-hydrogen) atoms. The Hall–Kier alpha value is -4.39. The van der Waals surface area contributed by atoms with Gasteiger partial charge in [-0.05, 0) is 85.9 Å². The lowest BCUT2D eigenvalue weighted by Gasteiger charge is -2.37. The van der Waals surface area contributed by atoms with Gasteiger partial charge in [-0.2, -0.15) is 0 Å². The summed E-state index contributed by atoms with van der Waals surface area (Å²) in [6.45, 7) is 2.31. The molecule has 1 saturated carbocycles. The van der Waals surface area contributed by atoms with Crippen molar-refractivity contribution >= 4 is 17.5 Å². The van der Waals surface area contributed by atoms with Crippen molar-refractivity contribution in [2.24, 2.45) is 10.9 Å². The van der Waals surface area contributed by atoms with Gasteiger partial charge in [-0.3, -0.25) is 14.6 Å². The molecule has 6 rings (SSSR count). The first-order valence-corrected chi connectivity index (χ1v) is 16.0. The van der Waals surface area contributed by atoms with E-state index in [0.29, 0.717) is 48.0 Å². The van der Waals surface area contributed by atoms with E-state index in [0.717, 1.165) is 48.1 Å². The van der Waals surface area contributed by atoms with E-state index >= 15 is 0 Å². The zero-order valence-electron chi connectivity index (χ0n) is 26.3. The molecule has 0 spiro atoms. The number of carbonyl (C=O) groups excluding carboxylic acids is 2. The number of carbonyl (C=O) groups is 2. The highest BCUT2D eigenvalue weighted by atomic mass is 16.5. The topological polar surface area (TPSA) is 83.4 Å². The molecule has 3 aromatic rings. The quantitative estimate of drug-likeness (QED) is 0.232. The van der Waals surface area contributed by atoms with Gasteiger partial charge in [-0.15, -0.1) is 0 Å². The lowest BCUT2D eigenvalue weighted by molar-refractivity contribution is -0.153. The molecule has 0 aromatic heterocycles. The van der Waals surface area contributed by atoms with Crippen molar-refractivity contribution in [2.75, 3.05) is 14.2 Å². The minimum atomic E-state index is -0.684. The number of allylic oxidation sites excluding steroid dienone is 2.